The Morgan fingerprint density at radius 3 is 1.39 bits per heavy atom. The lowest BCUT2D eigenvalue weighted by atomic mass is 10.1. The van der Waals surface area contributed by atoms with E-state index >= 15 is 0 Å². The Bertz CT molecular complexity index is 1750. The highest BCUT2D eigenvalue weighted by Gasteiger charge is 2.27. The molecule has 2 fully saturated rings. The van der Waals surface area contributed by atoms with Gasteiger partial charge in [0.05, 0.1) is 70.1 Å². The minimum absolute atomic E-state index is 0.0593. The quantitative estimate of drug-likeness (QED) is 0.176. The third-order valence-electron chi connectivity index (χ3n) is 8.83. The summed E-state index contributed by atoms with van der Waals surface area (Å²) in [5, 5.41) is 0. The molecule has 14 heteroatoms. The van der Waals surface area contributed by atoms with Gasteiger partial charge >= 0.3 is 18.0 Å². The summed E-state index contributed by atoms with van der Waals surface area (Å²) in [6.07, 6.45) is 0. The van der Waals surface area contributed by atoms with E-state index < -0.39 is 17.6 Å². The average Bonchev–Trinajstić information content (AvgIpc) is 3.23. The maximum Gasteiger partial charge on any atom is 0.337 e. The van der Waals surface area contributed by atoms with Gasteiger partial charge in [-0.25, -0.2) is 23.2 Å². The highest BCUT2D eigenvalue weighted by atomic mass is 19.1. The zero-order chi connectivity index (χ0) is 38.5. The molecular formula is C40H43F2N5O7. The second-order valence-corrected chi connectivity index (χ2v) is 12.4. The number of ether oxygens (including phenoxy) is 3. The summed E-state index contributed by atoms with van der Waals surface area (Å²) < 4.78 is 44.1. The van der Waals surface area contributed by atoms with Crippen LogP contribution in [0.5, 0.6) is 0 Å². The van der Waals surface area contributed by atoms with Gasteiger partial charge in [-0.1, -0.05) is 60.7 Å². The third kappa shape index (κ3) is 10.2. The van der Waals surface area contributed by atoms with Crippen molar-refractivity contribution in [1.29, 1.82) is 0 Å². The van der Waals surface area contributed by atoms with Crippen LogP contribution in [-0.4, -0.2) is 99.9 Å². The number of carbonyl (C=O) groups is 4. The first-order valence-corrected chi connectivity index (χ1v) is 17.5. The second kappa shape index (κ2) is 19.4. The van der Waals surface area contributed by atoms with Gasteiger partial charge in [-0.05, 0) is 47.5 Å². The zero-order valence-electron chi connectivity index (χ0n) is 30.0. The van der Waals surface area contributed by atoms with Crippen LogP contribution in [0.2, 0.25) is 0 Å². The van der Waals surface area contributed by atoms with Crippen LogP contribution in [0, 0.1) is 11.6 Å². The second-order valence-electron chi connectivity index (χ2n) is 12.4. The van der Waals surface area contributed by atoms with Crippen LogP contribution in [0.4, 0.5) is 29.7 Å². The molecule has 0 aromatic heterocycles. The number of carbonyl (C=O) groups excluding carboxylic acids is 4. The molecule has 0 unspecified atom stereocenters. The fraction of sp³-hybridized carbons (Fsp3) is 0.300. The molecule has 2 heterocycles. The minimum atomic E-state index is -0.467. The fourth-order valence-corrected chi connectivity index (χ4v) is 5.85. The van der Waals surface area contributed by atoms with E-state index in [1.54, 1.807) is 94.7 Å². The van der Waals surface area contributed by atoms with E-state index in [1.165, 1.54) is 29.0 Å². The number of rotatable bonds is 9. The number of amides is 4. The molecule has 284 valence electrons. The van der Waals surface area contributed by atoms with Gasteiger partial charge in [0.1, 0.15) is 11.6 Å². The van der Waals surface area contributed by atoms with Crippen LogP contribution in [0.15, 0.2) is 97.1 Å². The van der Waals surface area contributed by atoms with Gasteiger partial charge in [-0.3, -0.25) is 14.6 Å². The number of para-hydroxylation sites is 2. The van der Waals surface area contributed by atoms with E-state index in [1.807, 2.05) is 0 Å². The number of methoxy groups -OCH3 is 1. The Hall–Kier alpha value is -5.70. The van der Waals surface area contributed by atoms with Crippen molar-refractivity contribution in [2.75, 3.05) is 76.1 Å². The molecule has 0 saturated carbocycles. The van der Waals surface area contributed by atoms with E-state index in [-0.39, 0.29) is 48.9 Å². The molecule has 0 bridgehead atoms. The molecule has 0 atom stereocenters. The first-order valence-electron chi connectivity index (χ1n) is 17.5. The lowest BCUT2D eigenvalue weighted by Gasteiger charge is -2.33. The predicted octanol–water partition coefficient (Wildman–Crippen LogP) is 5.50. The summed E-state index contributed by atoms with van der Waals surface area (Å²) in [6, 6.07) is 25.4. The van der Waals surface area contributed by atoms with Gasteiger partial charge in [0.2, 0.25) is 0 Å². The number of hydrogen-bond acceptors (Lipinski definition) is 8. The summed E-state index contributed by atoms with van der Waals surface area (Å²) in [5.74, 6) is -1.52. The number of morpholine rings is 2. The number of nitrogens with zero attached hydrogens (tertiary/aromatic N) is 4. The molecule has 2 N–H and O–H groups in total. The van der Waals surface area contributed by atoms with Crippen LogP contribution in [-0.2, 0) is 27.3 Å². The summed E-state index contributed by atoms with van der Waals surface area (Å²) >= 11 is 0. The molecule has 0 spiro atoms. The fourth-order valence-electron chi connectivity index (χ4n) is 5.85. The Balaban J connectivity index is 0.000000208. The van der Waals surface area contributed by atoms with Crippen LogP contribution in [0.25, 0.3) is 0 Å². The molecule has 2 aliphatic rings. The van der Waals surface area contributed by atoms with E-state index in [0.717, 1.165) is 11.1 Å². The summed E-state index contributed by atoms with van der Waals surface area (Å²) in [6.45, 7) is 4.02. The van der Waals surface area contributed by atoms with Gasteiger partial charge in [0.15, 0.2) is 5.78 Å². The van der Waals surface area contributed by atoms with Crippen molar-refractivity contribution in [1.82, 2.24) is 9.80 Å². The van der Waals surface area contributed by atoms with Crippen molar-refractivity contribution in [3.05, 3.63) is 131 Å². The highest BCUT2D eigenvalue weighted by molar-refractivity contribution is 5.97. The van der Waals surface area contributed by atoms with E-state index in [9.17, 15) is 28.0 Å². The highest BCUT2D eigenvalue weighted by Crippen LogP contribution is 2.25. The zero-order valence-corrected chi connectivity index (χ0v) is 30.0. The summed E-state index contributed by atoms with van der Waals surface area (Å²) in [5.41, 5.74) is 8.29. The number of urea groups is 2. The number of ketones is 1. The third-order valence-corrected chi connectivity index (χ3v) is 8.83. The summed E-state index contributed by atoms with van der Waals surface area (Å²) in [4.78, 5) is 55.4. The van der Waals surface area contributed by atoms with E-state index in [4.69, 9.17) is 15.2 Å². The first-order chi connectivity index (χ1) is 26.2. The van der Waals surface area contributed by atoms with Crippen molar-refractivity contribution in [3.63, 3.8) is 0 Å². The van der Waals surface area contributed by atoms with Crippen molar-refractivity contribution in [2.45, 2.75) is 13.1 Å². The molecule has 12 nitrogen and oxygen atoms in total. The largest absolute Gasteiger partial charge is 0.465 e. The Morgan fingerprint density at radius 1 is 0.630 bits per heavy atom. The number of Topliss-reactive ketones (excluding diaryl/α,β-unsaturated/α-hetero) is 1. The van der Waals surface area contributed by atoms with Gasteiger partial charge in [-0.15, -0.1) is 0 Å². The maximum absolute atomic E-state index is 14.4. The van der Waals surface area contributed by atoms with Crippen molar-refractivity contribution in [2.24, 2.45) is 5.73 Å². The molecule has 4 aromatic rings. The number of esters is 1. The molecule has 54 heavy (non-hydrogen) atoms. The SMILES string of the molecule is COC(=O)c1ccc(CN(C(=O)N2CCOCC2)c2ccccc2F)cc1.NCC(=O)c1ccc(CN(C(=O)N2CCOCC2)c2ccccc2F)cc1. The molecule has 0 radical (unpaired) electrons. The van der Waals surface area contributed by atoms with E-state index in [2.05, 4.69) is 4.74 Å². The minimum Gasteiger partial charge on any atom is -0.465 e. The topological polar surface area (TPSA) is 135 Å². The van der Waals surface area contributed by atoms with Gasteiger partial charge in [0.25, 0.3) is 0 Å². The van der Waals surface area contributed by atoms with Crippen molar-refractivity contribution < 1.29 is 42.2 Å². The molecule has 4 aromatic carbocycles. The first kappa shape index (κ1) is 39.5. The summed E-state index contributed by atoms with van der Waals surface area (Å²) in [7, 11) is 1.32. The van der Waals surface area contributed by atoms with E-state index in [0.29, 0.717) is 63.7 Å². The van der Waals surface area contributed by atoms with Crippen molar-refractivity contribution >= 4 is 35.2 Å². The predicted molar refractivity (Wildman–Crippen MR) is 198 cm³/mol. The number of benzene rings is 4. The molecule has 6 rings (SSSR count). The standard InChI is InChI=1S/C20H22FN3O3.C20H21FN2O4/c21-17-3-1-2-4-18(17)24(20(26)23-9-11-27-12-10-23)14-15-5-7-16(8-6-15)19(25)13-22;1-26-19(24)16-8-6-15(7-9-16)14-23(18-5-3-2-4-17(18)21)20(25)22-10-12-27-13-11-22/h1-8H,9-14,22H2;2-9H,10-14H2,1H3. The number of nitrogens with two attached hydrogens (primary N) is 1. The monoisotopic (exact) mass is 743 g/mol. The lowest BCUT2D eigenvalue weighted by Crippen LogP contribution is -2.48. The normalized spacial score (nSPS) is 14.0. The Morgan fingerprint density at radius 2 is 1.02 bits per heavy atom. The van der Waals surface area contributed by atoms with Crippen LogP contribution >= 0.6 is 0 Å². The number of hydrogen-bond donors (Lipinski definition) is 1. The average molecular weight is 744 g/mol. The molecule has 0 aliphatic carbocycles. The maximum atomic E-state index is 14.4. The Kier molecular flexibility index (Phi) is 14.2. The van der Waals surface area contributed by atoms with Crippen LogP contribution < -0.4 is 15.5 Å². The lowest BCUT2D eigenvalue weighted by molar-refractivity contribution is 0.0547. The smallest absolute Gasteiger partial charge is 0.337 e. The molecular weight excluding hydrogens is 700 g/mol. The van der Waals surface area contributed by atoms with Gasteiger partial charge in [0, 0.05) is 31.7 Å². The molecule has 2 saturated heterocycles. The van der Waals surface area contributed by atoms with Crippen LogP contribution in [0.1, 0.15) is 31.8 Å². The molecule has 4 amide bonds. The molecule has 2 aliphatic heterocycles. The number of anilines is 2. The number of halogens is 2. The Labute approximate surface area is 312 Å². The van der Waals surface area contributed by atoms with Gasteiger partial charge in [-0.2, -0.15) is 0 Å². The van der Waals surface area contributed by atoms with Crippen molar-refractivity contribution in [3.8, 4) is 0 Å². The van der Waals surface area contributed by atoms with Crippen LogP contribution in [0.3, 0.4) is 0 Å². The van der Waals surface area contributed by atoms with Gasteiger partial charge < -0.3 is 29.7 Å².